The molecule has 0 fully saturated rings. The molecule has 2 aromatic rings. The highest BCUT2D eigenvalue weighted by Crippen LogP contribution is 2.19. The Bertz CT molecular complexity index is 677. The lowest BCUT2D eigenvalue weighted by molar-refractivity contribution is 0.0779. The number of aryl methyl sites for hydroxylation is 2. The third kappa shape index (κ3) is 2.78. The maximum absolute atomic E-state index is 13.1. The van der Waals surface area contributed by atoms with Crippen LogP contribution >= 0.6 is 11.6 Å². The summed E-state index contributed by atoms with van der Waals surface area (Å²) in [7, 11) is 1.70. The van der Waals surface area contributed by atoms with Crippen LogP contribution in [0.5, 0.6) is 0 Å². The Morgan fingerprint density at radius 3 is 3.05 bits per heavy atom. The van der Waals surface area contributed by atoms with Gasteiger partial charge in [0.25, 0.3) is 5.91 Å². The summed E-state index contributed by atoms with van der Waals surface area (Å²) in [6, 6.07) is 4.47. The fourth-order valence-corrected chi connectivity index (χ4v) is 2.74. The molecular formula is C15H15ClFN3O. The van der Waals surface area contributed by atoms with Crippen molar-refractivity contribution in [2.45, 2.75) is 25.9 Å². The van der Waals surface area contributed by atoms with Crippen molar-refractivity contribution in [3.63, 3.8) is 0 Å². The van der Waals surface area contributed by atoms with Gasteiger partial charge in [0.05, 0.1) is 5.02 Å². The monoisotopic (exact) mass is 307 g/mol. The normalized spacial score (nSPS) is 13.3. The van der Waals surface area contributed by atoms with E-state index in [0.717, 1.165) is 30.8 Å². The Kier molecular flexibility index (Phi) is 3.68. The summed E-state index contributed by atoms with van der Waals surface area (Å²) in [4.78, 5) is 18.3. The Balaban J connectivity index is 1.73. The van der Waals surface area contributed by atoms with Gasteiger partial charge in [0.15, 0.2) is 0 Å². The number of rotatable bonds is 3. The third-order valence-electron chi connectivity index (χ3n) is 3.63. The second-order valence-corrected chi connectivity index (χ2v) is 5.66. The number of halogens is 2. The molecule has 2 heterocycles. The van der Waals surface area contributed by atoms with Gasteiger partial charge in [0.1, 0.15) is 17.3 Å². The fraction of sp³-hybridized carbons (Fsp3) is 0.333. The van der Waals surface area contributed by atoms with E-state index in [1.165, 1.54) is 12.1 Å². The molecule has 3 rings (SSSR count). The zero-order chi connectivity index (χ0) is 15.0. The van der Waals surface area contributed by atoms with E-state index in [1.807, 2.05) is 4.57 Å². The van der Waals surface area contributed by atoms with Crippen LogP contribution in [0.4, 0.5) is 4.39 Å². The lowest BCUT2D eigenvalue weighted by Gasteiger charge is -2.16. The van der Waals surface area contributed by atoms with Crippen LogP contribution in [0.1, 0.15) is 28.3 Å². The lowest BCUT2D eigenvalue weighted by atomic mass is 10.2. The van der Waals surface area contributed by atoms with Gasteiger partial charge >= 0.3 is 0 Å². The molecule has 0 saturated heterocycles. The van der Waals surface area contributed by atoms with Crippen molar-refractivity contribution < 1.29 is 9.18 Å². The van der Waals surface area contributed by atoms with E-state index in [0.29, 0.717) is 12.2 Å². The summed E-state index contributed by atoms with van der Waals surface area (Å²) in [5, 5.41) is 0.0642. The van der Waals surface area contributed by atoms with Gasteiger partial charge < -0.3 is 9.47 Å². The van der Waals surface area contributed by atoms with Crippen LogP contribution in [0.2, 0.25) is 5.02 Å². The first-order chi connectivity index (χ1) is 10.0. The minimum Gasteiger partial charge on any atom is -0.336 e. The van der Waals surface area contributed by atoms with Crippen molar-refractivity contribution in [3.05, 3.63) is 52.3 Å². The van der Waals surface area contributed by atoms with E-state index in [1.54, 1.807) is 24.2 Å². The molecule has 1 aromatic heterocycles. The van der Waals surface area contributed by atoms with E-state index >= 15 is 0 Å². The largest absolute Gasteiger partial charge is 0.336 e. The van der Waals surface area contributed by atoms with Gasteiger partial charge in [-0.05, 0) is 24.1 Å². The third-order valence-corrected chi connectivity index (χ3v) is 3.92. The number of carbonyl (C=O) groups is 1. The highest BCUT2D eigenvalue weighted by molar-refractivity contribution is 6.30. The molecule has 1 aromatic carbocycles. The first-order valence-electron chi connectivity index (χ1n) is 6.80. The Labute approximate surface area is 127 Å². The second-order valence-electron chi connectivity index (χ2n) is 5.25. The van der Waals surface area contributed by atoms with E-state index in [9.17, 15) is 9.18 Å². The summed E-state index contributed by atoms with van der Waals surface area (Å²) >= 11 is 5.75. The predicted octanol–water partition coefficient (Wildman–Crippen LogP) is 2.89. The number of benzene rings is 1. The SMILES string of the molecule is CN(Cc1ccc(F)c(Cl)c1)C(=O)c1cn2c(n1)CCC2. The van der Waals surface area contributed by atoms with Crippen molar-refractivity contribution in [2.24, 2.45) is 0 Å². The predicted molar refractivity (Wildman–Crippen MR) is 77.8 cm³/mol. The molecule has 1 amide bonds. The zero-order valence-electron chi connectivity index (χ0n) is 11.6. The lowest BCUT2D eigenvalue weighted by Crippen LogP contribution is -2.26. The number of nitrogens with zero attached hydrogens (tertiary/aromatic N) is 3. The average molecular weight is 308 g/mol. The molecule has 0 spiro atoms. The summed E-state index contributed by atoms with van der Waals surface area (Å²) in [6.07, 6.45) is 3.81. The number of fused-ring (bicyclic) bond motifs is 1. The molecule has 6 heteroatoms. The van der Waals surface area contributed by atoms with E-state index < -0.39 is 5.82 Å². The quantitative estimate of drug-likeness (QED) is 0.874. The summed E-state index contributed by atoms with van der Waals surface area (Å²) in [6.45, 7) is 1.29. The molecule has 4 nitrogen and oxygen atoms in total. The first kappa shape index (κ1) is 14.1. The molecule has 21 heavy (non-hydrogen) atoms. The number of hydrogen-bond donors (Lipinski definition) is 0. The minimum absolute atomic E-state index is 0.0642. The number of amides is 1. The summed E-state index contributed by atoms with van der Waals surface area (Å²) in [5.74, 6) is 0.369. The highest BCUT2D eigenvalue weighted by Gasteiger charge is 2.20. The number of hydrogen-bond acceptors (Lipinski definition) is 2. The van der Waals surface area contributed by atoms with Gasteiger partial charge in [-0.15, -0.1) is 0 Å². The number of aromatic nitrogens is 2. The Morgan fingerprint density at radius 1 is 1.52 bits per heavy atom. The standard InChI is InChI=1S/C15H15ClFN3O/c1-19(8-10-4-5-12(17)11(16)7-10)15(21)13-9-20-6-2-3-14(20)18-13/h4-5,7,9H,2-3,6,8H2,1H3. The van der Waals surface area contributed by atoms with Gasteiger partial charge in [0, 0.05) is 32.8 Å². The van der Waals surface area contributed by atoms with Crippen LogP contribution < -0.4 is 0 Å². The molecule has 1 aliphatic heterocycles. The van der Waals surface area contributed by atoms with E-state index in [4.69, 9.17) is 11.6 Å². The molecule has 0 bridgehead atoms. The molecule has 1 aliphatic rings. The van der Waals surface area contributed by atoms with Crippen LogP contribution in [0.3, 0.4) is 0 Å². The van der Waals surface area contributed by atoms with Gasteiger partial charge in [-0.3, -0.25) is 4.79 Å². The van der Waals surface area contributed by atoms with Gasteiger partial charge in [0.2, 0.25) is 0 Å². The second kappa shape index (κ2) is 5.48. The van der Waals surface area contributed by atoms with Crippen LogP contribution in [0.15, 0.2) is 24.4 Å². The van der Waals surface area contributed by atoms with E-state index in [-0.39, 0.29) is 10.9 Å². The zero-order valence-corrected chi connectivity index (χ0v) is 12.4. The summed E-state index contributed by atoms with van der Waals surface area (Å²) in [5.41, 5.74) is 1.24. The molecule has 0 N–H and O–H groups in total. The number of imidazole rings is 1. The average Bonchev–Trinajstić information content (AvgIpc) is 3.03. The van der Waals surface area contributed by atoms with Gasteiger partial charge in [-0.1, -0.05) is 17.7 Å². The molecule has 0 aliphatic carbocycles. The van der Waals surface area contributed by atoms with E-state index in [2.05, 4.69) is 4.98 Å². The molecule has 0 atom stereocenters. The molecule has 110 valence electrons. The van der Waals surface area contributed by atoms with Crippen LogP contribution in [-0.4, -0.2) is 27.4 Å². The minimum atomic E-state index is -0.458. The van der Waals surface area contributed by atoms with Gasteiger partial charge in [-0.25, -0.2) is 9.37 Å². The maximum atomic E-state index is 13.1. The smallest absolute Gasteiger partial charge is 0.274 e. The first-order valence-corrected chi connectivity index (χ1v) is 7.18. The van der Waals surface area contributed by atoms with Crippen molar-refractivity contribution >= 4 is 17.5 Å². The Hall–Kier alpha value is -1.88. The molecule has 0 unspecified atom stereocenters. The van der Waals surface area contributed by atoms with Crippen LogP contribution in [0, 0.1) is 5.82 Å². The fourth-order valence-electron chi connectivity index (χ4n) is 2.54. The van der Waals surface area contributed by atoms with Crippen LogP contribution in [-0.2, 0) is 19.5 Å². The van der Waals surface area contributed by atoms with Crippen molar-refractivity contribution in [1.29, 1.82) is 0 Å². The van der Waals surface area contributed by atoms with Gasteiger partial charge in [-0.2, -0.15) is 0 Å². The molecular weight excluding hydrogens is 293 g/mol. The highest BCUT2D eigenvalue weighted by atomic mass is 35.5. The molecule has 0 saturated carbocycles. The Morgan fingerprint density at radius 2 is 2.33 bits per heavy atom. The van der Waals surface area contributed by atoms with Crippen molar-refractivity contribution in [2.75, 3.05) is 7.05 Å². The maximum Gasteiger partial charge on any atom is 0.274 e. The molecule has 0 radical (unpaired) electrons. The van der Waals surface area contributed by atoms with Crippen LogP contribution in [0.25, 0.3) is 0 Å². The topological polar surface area (TPSA) is 38.1 Å². The van der Waals surface area contributed by atoms with Crippen molar-refractivity contribution in [3.8, 4) is 0 Å². The van der Waals surface area contributed by atoms with Crippen molar-refractivity contribution in [1.82, 2.24) is 14.5 Å². The number of carbonyl (C=O) groups excluding carboxylic acids is 1. The summed E-state index contributed by atoms with van der Waals surface area (Å²) < 4.78 is 15.2.